The lowest BCUT2D eigenvalue weighted by molar-refractivity contribution is -0.384. The Hall–Kier alpha value is -4.25. The number of hydrogen-bond donors (Lipinski definition) is 1. The predicted molar refractivity (Wildman–Crippen MR) is 127 cm³/mol. The molecule has 10 nitrogen and oxygen atoms in total. The van der Waals surface area contributed by atoms with Crippen LogP contribution < -0.4 is 14.5 Å². The summed E-state index contributed by atoms with van der Waals surface area (Å²) in [4.78, 5) is 23.0. The van der Waals surface area contributed by atoms with Crippen molar-refractivity contribution in [3.63, 3.8) is 0 Å². The molecule has 176 valence electrons. The van der Waals surface area contributed by atoms with Crippen LogP contribution in [0.15, 0.2) is 88.9 Å². The Labute approximate surface area is 196 Å². The van der Waals surface area contributed by atoms with Crippen molar-refractivity contribution in [2.24, 2.45) is 5.10 Å². The summed E-state index contributed by atoms with van der Waals surface area (Å²) in [6.45, 7) is 1.10. The Balaban J connectivity index is 1.85. The highest BCUT2D eigenvalue weighted by atomic mass is 32.2. The van der Waals surface area contributed by atoms with Gasteiger partial charge in [0.25, 0.3) is 21.6 Å². The van der Waals surface area contributed by atoms with Crippen molar-refractivity contribution in [3.8, 4) is 5.75 Å². The van der Waals surface area contributed by atoms with E-state index in [0.717, 1.165) is 9.87 Å². The maximum absolute atomic E-state index is 13.3. The molecule has 11 heteroatoms. The highest BCUT2D eigenvalue weighted by molar-refractivity contribution is 7.92. The lowest BCUT2D eigenvalue weighted by Crippen LogP contribution is -2.39. The van der Waals surface area contributed by atoms with Gasteiger partial charge in [0.1, 0.15) is 12.3 Å². The van der Waals surface area contributed by atoms with Crippen molar-refractivity contribution in [2.45, 2.75) is 11.8 Å². The Bertz CT molecular complexity index is 1290. The summed E-state index contributed by atoms with van der Waals surface area (Å²) in [6.07, 6.45) is 0. The molecule has 0 bridgehead atoms. The zero-order valence-electron chi connectivity index (χ0n) is 18.4. The van der Waals surface area contributed by atoms with Gasteiger partial charge in [-0.1, -0.05) is 18.2 Å². The number of methoxy groups -OCH3 is 1. The van der Waals surface area contributed by atoms with Crippen molar-refractivity contribution in [1.29, 1.82) is 0 Å². The molecule has 0 fully saturated rings. The van der Waals surface area contributed by atoms with Gasteiger partial charge in [-0.25, -0.2) is 13.8 Å². The zero-order valence-corrected chi connectivity index (χ0v) is 19.2. The molecule has 34 heavy (non-hydrogen) atoms. The van der Waals surface area contributed by atoms with E-state index in [4.69, 9.17) is 4.74 Å². The quantitative estimate of drug-likeness (QED) is 0.283. The van der Waals surface area contributed by atoms with Crippen LogP contribution in [0.3, 0.4) is 0 Å². The topological polar surface area (TPSA) is 131 Å². The monoisotopic (exact) mass is 482 g/mol. The Kier molecular flexibility index (Phi) is 7.59. The van der Waals surface area contributed by atoms with E-state index in [1.54, 1.807) is 56.5 Å². The fourth-order valence-electron chi connectivity index (χ4n) is 2.98. The number of hydrogen-bond acceptors (Lipinski definition) is 7. The zero-order chi connectivity index (χ0) is 24.7. The van der Waals surface area contributed by atoms with E-state index in [-0.39, 0.29) is 16.3 Å². The number of nitro benzene ring substituents is 1. The van der Waals surface area contributed by atoms with Gasteiger partial charge >= 0.3 is 0 Å². The van der Waals surface area contributed by atoms with Gasteiger partial charge in [0.05, 0.1) is 28.3 Å². The van der Waals surface area contributed by atoms with Gasteiger partial charge in [-0.05, 0) is 61.0 Å². The summed E-state index contributed by atoms with van der Waals surface area (Å²) in [7, 11) is -2.59. The van der Waals surface area contributed by atoms with E-state index >= 15 is 0 Å². The number of nitrogens with zero attached hydrogens (tertiary/aromatic N) is 3. The SMILES string of the molecule is COc1ccc(/C(C)=N\NC(=O)CN(c2ccc([N+](=O)[O-])cc2)S(=O)(=O)c2ccccc2)cc1. The smallest absolute Gasteiger partial charge is 0.269 e. The number of non-ortho nitro benzene ring substituents is 1. The minimum absolute atomic E-state index is 0.0286. The van der Waals surface area contributed by atoms with Gasteiger partial charge in [-0.3, -0.25) is 19.2 Å². The van der Waals surface area contributed by atoms with Gasteiger partial charge in [0, 0.05) is 12.1 Å². The van der Waals surface area contributed by atoms with Gasteiger partial charge in [-0.2, -0.15) is 5.10 Å². The van der Waals surface area contributed by atoms with E-state index in [1.807, 2.05) is 0 Å². The number of sulfonamides is 1. The Morgan fingerprint density at radius 1 is 1.03 bits per heavy atom. The normalized spacial score (nSPS) is 11.5. The molecule has 1 amide bonds. The number of nitro groups is 1. The summed E-state index contributed by atoms with van der Waals surface area (Å²) in [6, 6.07) is 19.5. The molecule has 3 rings (SSSR count). The van der Waals surface area contributed by atoms with Crippen molar-refractivity contribution in [2.75, 3.05) is 18.0 Å². The first-order valence-corrected chi connectivity index (χ1v) is 11.5. The molecule has 0 heterocycles. The number of carbonyl (C=O) groups excluding carboxylic acids is 1. The van der Waals surface area contributed by atoms with E-state index < -0.39 is 27.4 Å². The second-order valence-electron chi connectivity index (χ2n) is 7.06. The van der Waals surface area contributed by atoms with Crippen molar-refractivity contribution in [3.05, 3.63) is 94.5 Å². The molecule has 3 aromatic rings. The number of rotatable bonds is 9. The maximum atomic E-state index is 13.3. The number of ether oxygens (including phenoxy) is 1. The maximum Gasteiger partial charge on any atom is 0.269 e. The highest BCUT2D eigenvalue weighted by Crippen LogP contribution is 2.25. The summed E-state index contributed by atoms with van der Waals surface area (Å²) in [5, 5.41) is 15.0. The molecule has 0 aromatic heterocycles. The molecule has 3 aromatic carbocycles. The number of hydrazone groups is 1. The van der Waals surface area contributed by atoms with E-state index in [0.29, 0.717) is 11.5 Å². The van der Waals surface area contributed by atoms with E-state index in [1.165, 1.54) is 36.4 Å². The molecule has 0 radical (unpaired) electrons. The highest BCUT2D eigenvalue weighted by Gasteiger charge is 2.27. The molecule has 0 atom stereocenters. The summed E-state index contributed by atoms with van der Waals surface area (Å²) in [5.74, 6) is -0.0174. The molecular weight excluding hydrogens is 460 g/mol. The van der Waals surface area contributed by atoms with Crippen molar-refractivity contribution >= 4 is 33.0 Å². The predicted octanol–water partition coefficient (Wildman–Crippen LogP) is 3.34. The first kappa shape index (κ1) is 24.4. The van der Waals surface area contributed by atoms with Crippen LogP contribution in [0.25, 0.3) is 0 Å². The molecule has 0 saturated carbocycles. The van der Waals surface area contributed by atoms with Gasteiger partial charge in [0.15, 0.2) is 0 Å². The van der Waals surface area contributed by atoms with Crippen LogP contribution in [0.4, 0.5) is 11.4 Å². The standard InChI is InChI=1S/C23H22N4O6S/c1-17(18-8-14-21(33-2)15-9-18)24-25-23(28)16-26(19-10-12-20(13-11-19)27(29)30)34(31,32)22-6-4-3-5-7-22/h3-15H,16H2,1-2H3,(H,25,28)/b24-17-. The molecular formula is C23H22N4O6S. The average molecular weight is 483 g/mol. The Morgan fingerprint density at radius 3 is 2.21 bits per heavy atom. The lowest BCUT2D eigenvalue weighted by atomic mass is 10.1. The first-order valence-electron chi connectivity index (χ1n) is 10.0. The average Bonchev–Trinajstić information content (AvgIpc) is 2.86. The fourth-order valence-corrected chi connectivity index (χ4v) is 4.43. The minimum atomic E-state index is -4.14. The van der Waals surface area contributed by atoms with E-state index in [2.05, 4.69) is 10.5 Å². The number of amides is 1. The molecule has 0 aliphatic heterocycles. The molecule has 0 unspecified atom stereocenters. The van der Waals surface area contributed by atoms with Crippen LogP contribution in [0.5, 0.6) is 5.75 Å². The minimum Gasteiger partial charge on any atom is -0.497 e. The molecule has 0 aliphatic carbocycles. The molecule has 0 aliphatic rings. The number of benzene rings is 3. The molecule has 0 saturated heterocycles. The van der Waals surface area contributed by atoms with Gasteiger partial charge in [0.2, 0.25) is 0 Å². The number of carbonyl (C=O) groups is 1. The summed E-state index contributed by atoms with van der Waals surface area (Å²) in [5.41, 5.74) is 3.50. The van der Waals surface area contributed by atoms with Crippen molar-refractivity contribution < 1.29 is 22.9 Å². The molecule has 1 N–H and O–H groups in total. The molecule has 0 spiro atoms. The summed E-state index contributed by atoms with van der Waals surface area (Å²) < 4.78 is 32.5. The van der Waals surface area contributed by atoms with Crippen LogP contribution in [-0.2, 0) is 14.8 Å². The second-order valence-corrected chi connectivity index (χ2v) is 8.92. The lowest BCUT2D eigenvalue weighted by Gasteiger charge is -2.23. The first-order chi connectivity index (χ1) is 16.2. The fraction of sp³-hybridized carbons (Fsp3) is 0.130. The van der Waals surface area contributed by atoms with Crippen LogP contribution in [-0.4, -0.2) is 38.6 Å². The Morgan fingerprint density at radius 2 is 1.65 bits per heavy atom. The van der Waals surface area contributed by atoms with Gasteiger partial charge < -0.3 is 4.74 Å². The number of anilines is 1. The van der Waals surface area contributed by atoms with Crippen molar-refractivity contribution in [1.82, 2.24) is 5.43 Å². The second kappa shape index (κ2) is 10.6. The van der Waals surface area contributed by atoms with Crippen LogP contribution in [0, 0.1) is 10.1 Å². The van der Waals surface area contributed by atoms with Gasteiger partial charge in [-0.15, -0.1) is 0 Å². The number of nitrogens with one attached hydrogen (secondary N) is 1. The van der Waals surface area contributed by atoms with E-state index in [9.17, 15) is 23.3 Å². The largest absolute Gasteiger partial charge is 0.497 e. The third kappa shape index (κ3) is 5.75. The third-order valence-electron chi connectivity index (χ3n) is 4.82. The van der Waals surface area contributed by atoms with Crippen LogP contribution >= 0.6 is 0 Å². The summed E-state index contributed by atoms with van der Waals surface area (Å²) >= 11 is 0. The van der Waals surface area contributed by atoms with Crippen LogP contribution in [0.1, 0.15) is 12.5 Å². The third-order valence-corrected chi connectivity index (χ3v) is 6.61. The van der Waals surface area contributed by atoms with Crippen LogP contribution in [0.2, 0.25) is 0 Å².